The summed E-state index contributed by atoms with van der Waals surface area (Å²) in [5, 5.41) is 4.97. The van der Waals surface area contributed by atoms with E-state index in [0.717, 1.165) is 44.8 Å². The first kappa shape index (κ1) is 15.0. The lowest BCUT2D eigenvalue weighted by atomic mass is 9.94. The molecule has 4 aromatic carbocycles. The Morgan fingerprint density at radius 2 is 1.09 bits per heavy atom. The largest absolute Gasteiger partial charge is 0.286 e. The van der Waals surface area contributed by atoms with Gasteiger partial charge >= 0.3 is 0 Å². The molecule has 0 amide bonds. The van der Waals surface area contributed by atoms with Crippen LogP contribution in [-0.4, -0.2) is 0 Å². The van der Waals surface area contributed by atoms with Gasteiger partial charge < -0.3 is 0 Å². The average molecular weight is 548 g/mol. The van der Waals surface area contributed by atoms with Crippen molar-refractivity contribution in [3.63, 3.8) is 0 Å². The Balaban J connectivity index is 2.55. The number of hydrogen-bond donors (Lipinski definition) is 0. The number of benzene rings is 4. The molecule has 0 bridgehead atoms. The van der Waals surface area contributed by atoms with E-state index in [2.05, 4.69) is 63.7 Å². The lowest BCUT2D eigenvalue weighted by Gasteiger charge is -2.15. The molecular weight excluding hydrogens is 544 g/mol. The molecule has 0 aliphatic rings. The monoisotopic (exact) mass is 544 g/mol. The highest BCUT2D eigenvalue weighted by Crippen LogP contribution is 2.44. The van der Waals surface area contributed by atoms with Crippen molar-refractivity contribution in [2.24, 2.45) is 0 Å². The highest BCUT2D eigenvalue weighted by Gasteiger charge is 2.19. The minimum atomic E-state index is -0.487. The maximum Gasteiger partial charge on any atom is 0.233 e. The van der Waals surface area contributed by atoms with Crippen LogP contribution in [-0.2, 0) is 0 Å². The van der Waals surface area contributed by atoms with Crippen molar-refractivity contribution in [1.29, 1.82) is 0 Å². The summed E-state index contributed by atoms with van der Waals surface area (Å²) in [4.78, 5) is 24.2. The molecule has 22 heavy (non-hydrogen) atoms. The summed E-state index contributed by atoms with van der Waals surface area (Å²) in [6, 6.07) is 7.12. The highest BCUT2D eigenvalue weighted by atomic mass is 79.9. The van der Waals surface area contributed by atoms with Gasteiger partial charge in [0.15, 0.2) is 0 Å². The van der Waals surface area contributed by atoms with E-state index < -0.39 is 10.9 Å². The second-order valence-electron chi connectivity index (χ2n) is 5.03. The van der Waals surface area contributed by atoms with E-state index in [-0.39, 0.29) is 0 Å². The maximum absolute atomic E-state index is 12.3. The van der Waals surface area contributed by atoms with Crippen LogP contribution in [0.4, 0.5) is 0 Å². The van der Waals surface area contributed by atoms with Crippen molar-refractivity contribution in [3.8, 4) is 0 Å². The van der Waals surface area contributed by atoms with Gasteiger partial charge in [-0.15, -0.1) is 0 Å². The summed E-state index contributed by atoms with van der Waals surface area (Å²) in [5.41, 5.74) is -0.952. The van der Waals surface area contributed by atoms with Crippen LogP contribution in [0.5, 0.6) is 0 Å². The van der Waals surface area contributed by atoms with Crippen molar-refractivity contribution in [2.45, 2.75) is 0 Å². The van der Waals surface area contributed by atoms with E-state index >= 15 is 0 Å². The first-order valence-corrected chi connectivity index (χ1v) is 9.40. The average Bonchev–Trinajstić information content (AvgIpc) is 2.47. The Hall–Kier alpha value is -0.560. The summed E-state index contributed by atoms with van der Waals surface area (Å²) in [7, 11) is 0. The van der Waals surface area contributed by atoms with Crippen molar-refractivity contribution in [1.82, 2.24) is 0 Å². The molecule has 0 unspecified atom stereocenters. The second kappa shape index (κ2) is 4.97. The minimum Gasteiger partial charge on any atom is -0.286 e. The van der Waals surface area contributed by atoms with Gasteiger partial charge in [0.2, 0.25) is 10.9 Å². The van der Waals surface area contributed by atoms with Crippen LogP contribution in [0.2, 0.25) is 0 Å². The van der Waals surface area contributed by atoms with Crippen LogP contribution >= 0.6 is 63.7 Å². The van der Waals surface area contributed by atoms with Gasteiger partial charge in [-0.3, -0.25) is 9.59 Å². The predicted molar refractivity (Wildman–Crippen MR) is 105 cm³/mol. The van der Waals surface area contributed by atoms with E-state index in [1.807, 2.05) is 12.1 Å². The quantitative estimate of drug-likeness (QED) is 0.206. The van der Waals surface area contributed by atoms with Crippen molar-refractivity contribution in [3.05, 3.63) is 62.6 Å². The molecule has 0 radical (unpaired) electrons. The molecule has 0 atom stereocenters. The van der Waals surface area contributed by atoms with E-state index in [0.29, 0.717) is 5.39 Å². The first-order chi connectivity index (χ1) is 10.4. The lowest BCUT2D eigenvalue weighted by molar-refractivity contribution is 1.55. The van der Waals surface area contributed by atoms with Crippen LogP contribution in [0.1, 0.15) is 0 Å². The molecule has 6 heteroatoms. The zero-order chi connectivity index (χ0) is 15.8. The standard InChI is InChI=1S/C16H4Br4O2/c17-9-2-7-13-5(1-11(19)15(7)20)10(18)3-8-14(13)6(9)4-12(21)16(8)22/h1-4H. The third kappa shape index (κ3) is 1.87. The first-order valence-electron chi connectivity index (χ1n) is 6.22. The molecule has 0 N–H and O–H groups in total. The van der Waals surface area contributed by atoms with E-state index in [1.165, 1.54) is 6.07 Å². The number of halogens is 4. The molecule has 0 spiro atoms. The Morgan fingerprint density at radius 1 is 0.591 bits per heavy atom. The van der Waals surface area contributed by atoms with Gasteiger partial charge in [-0.1, -0.05) is 31.9 Å². The van der Waals surface area contributed by atoms with Gasteiger partial charge in [0.1, 0.15) is 0 Å². The topological polar surface area (TPSA) is 34.1 Å². The molecule has 0 heterocycles. The van der Waals surface area contributed by atoms with Gasteiger partial charge in [0, 0.05) is 34.0 Å². The van der Waals surface area contributed by atoms with Gasteiger partial charge in [0.05, 0.1) is 0 Å². The summed E-state index contributed by atoms with van der Waals surface area (Å²) in [6.07, 6.45) is 0. The molecule has 2 nitrogen and oxygen atoms in total. The normalized spacial score (nSPS) is 12.0. The molecule has 4 aromatic rings. The molecule has 108 valence electrons. The third-order valence-electron chi connectivity index (χ3n) is 3.85. The van der Waals surface area contributed by atoms with Crippen LogP contribution in [0, 0.1) is 0 Å². The van der Waals surface area contributed by atoms with Crippen LogP contribution in [0.15, 0.2) is 51.7 Å². The Bertz CT molecular complexity index is 1200. The van der Waals surface area contributed by atoms with E-state index in [9.17, 15) is 9.59 Å². The fourth-order valence-electron chi connectivity index (χ4n) is 2.90. The van der Waals surface area contributed by atoms with Crippen LogP contribution < -0.4 is 10.9 Å². The SMILES string of the molecule is O=c1cc2c(Br)cc3c(Br)c(Br)cc4c(Br)cc(c1=O)c2c43. The zero-order valence-corrected chi connectivity index (χ0v) is 17.0. The summed E-state index contributed by atoms with van der Waals surface area (Å²) in [6.45, 7) is 0. The van der Waals surface area contributed by atoms with Gasteiger partial charge in [-0.05, 0) is 72.3 Å². The molecule has 0 aromatic heterocycles. The molecular formula is C16H4Br4O2. The number of rotatable bonds is 0. The molecule has 0 saturated carbocycles. The van der Waals surface area contributed by atoms with Gasteiger partial charge in [-0.2, -0.15) is 0 Å². The Kier molecular flexibility index (Phi) is 3.39. The van der Waals surface area contributed by atoms with Gasteiger partial charge in [-0.25, -0.2) is 0 Å². The highest BCUT2D eigenvalue weighted by molar-refractivity contribution is 9.13. The van der Waals surface area contributed by atoms with Crippen molar-refractivity contribution >= 4 is 96.0 Å². The van der Waals surface area contributed by atoms with E-state index in [4.69, 9.17) is 0 Å². The Labute approximate surface area is 157 Å². The molecule has 0 fully saturated rings. The van der Waals surface area contributed by atoms with Gasteiger partial charge in [0.25, 0.3) is 0 Å². The maximum atomic E-state index is 12.3. The molecule has 0 aliphatic heterocycles. The van der Waals surface area contributed by atoms with Crippen LogP contribution in [0.3, 0.4) is 0 Å². The minimum absolute atomic E-state index is 0.447. The Morgan fingerprint density at radius 3 is 1.77 bits per heavy atom. The molecule has 0 saturated heterocycles. The third-order valence-corrected chi connectivity index (χ3v) is 7.17. The fraction of sp³-hybridized carbons (Fsp3) is 0. The smallest absolute Gasteiger partial charge is 0.233 e. The summed E-state index contributed by atoms with van der Waals surface area (Å²) < 4.78 is 3.44. The zero-order valence-electron chi connectivity index (χ0n) is 10.6. The van der Waals surface area contributed by atoms with E-state index in [1.54, 1.807) is 6.07 Å². The summed E-state index contributed by atoms with van der Waals surface area (Å²) in [5.74, 6) is 0. The van der Waals surface area contributed by atoms with Crippen LogP contribution in [0.25, 0.3) is 32.3 Å². The van der Waals surface area contributed by atoms with Crippen molar-refractivity contribution in [2.75, 3.05) is 0 Å². The lowest BCUT2D eigenvalue weighted by Crippen LogP contribution is -2.22. The molecule has 4 rings (SSSR count). The number of hydrogen-bond acceptors (Lipinski definition) is 2. The summed E-state index contributed by atoms with van der Waals surface area (Å²) >= 11 is 14.2. The van der Waals surface area contributed by atoms with Crippen molar-refractivity contribution < 1.29 is 0 Å². The second-order valence-corrected chi connectivity index (χ2v) is 8.39. The fourth-order valence-corrected chi connectivity index (χ4v) is 4.86. The predicted octanol–water partition coefficient (Wildman–Crippen LogP) is 5.79. The molecule has 0 aliphatic carbocycles.